The molecule has 0 fully saturated rings. The first-order chi connectivity index (χ1) is 11.0. The second kappa shape index (κ2) is 6.01. The molecule has 0 aliphatic carbocycles. The lowest BCUT2D eigenvalue weighted by Crippen LogP contribution is -2.21. The Morgan fingerprint density at radius 3 is 2.96 bits per heavy atom. The molecule has 0 radical (unpaired) electrons. The third-order valence-electron chi connectivity index (χ3n) is 2.94. The number of carbonyl (C=O) groups is 1. The molecule has 0 unspecified atom stereocenters. The number of hydrogen-bond acceptors (Lipinski definition) is 7. The highest BCUT2D eigenvalue weighted by Crippen LogP contribution is 2.21. The number of pyridine rings is 2. The Morgan fingerprint density at radius 2 is 2.30 bits per heavy atom. The molecule has 0 saturated heterocycles. The second-order valence-corrected chi connectivity index (χ2v) is 5.43. The third-order valence-corrected chi connectivity index (χ3v) is 3.87. The minimum absolute atomic E-state index is 0.0752. The zero-order valence-electron chi connectivity index (χ0n) is 11.6. The predicted octanol–water partition coefficient (Wildman–Crippen LogP) is 2.21. The van der Waals surface area contributed by atoms with Crippen molar-refractivity contribution in [1.29, 1.82) is 0 Å². The highest BCUT2D eigenvalue weighted by atomic mass is 35.5. The van der Waals surface area contributed by atoms with Crippen molar-refractivity contribution in [3.63, 3.8) is 0 Å². The molecule has 0 atom stereocenters. The summed E-state index contributed by atoms with van der Waals surface area (Å²) in [7, 11) is 0. The van der Waals surface area contributed by atoms with Crippen molar-refractivity contribution < 1.29 is 13.9 Å². The Labute approximate surface area is 137 Å². The lowest BCUT2D eigenvalue weighted by Gasteiger charge is -2.10. The van der Waals surface area contributed by atoms with Crippen molar-refractivity contribution in [3.8, 4) is 5.13 Å². The van der Waals surface area contributed by atoms with E-state index >= 15 is 0 Å². The van der Waals surface area contributed by atoms with Crippen LogP contribution in [0.5, 0.6) is 0 Å². The van der Waals surface area contributed by atoms with E-state index in [0.717, 1.165) is 17.6 Å². The third kappa shape index (κ3) is 2.68. The standard InChI is InChI=1S/C13H8ClFN4O3S/c1-2-22-12(21)7-4-19(13-16-5-17-23-13)11-6(9(7)20)3-8(15)10(14)18-11/h3-5H,2H2,1H3. The second-order valence-electron chi connectivity index (χ2n) is 4.32. The van der Waals surface area contributed by atoms with E-state index in [1.165, 1.54) is 17.1 Å². The maximum atomic E-state index is 13.7. The van der Waals surface area contributed by atoms with Crippen LogP contribution in [0.15, 0.2) is 23.4 Å². The maximum absolute atomic E-state index is 13.7. The van der Waals surface area contributed by atoms with Gasteiger partial charge in [0.25, 0.3) is 0 Å². The van der Waals surface area contributed by atoms with Crippen molar-refractivity contribution in [2.75, 3.05) is 6.61 Å². The number of carbonyl (C=O) groups excluding carboxylic acids is 1. The van der Waals surface area contributed by atoms with Gasteiger partial charge in [-0.1, -0.05) is 11.6 Å². The van der Waals surface area contributed by atoms with E-state index in [9.17, 15) is 14.0 Å². The van der Waals surface area contributed by atoms with Crippen LogP contribution in [-0.2, 0) is 4.74 Å². The molecule has 0 amide bonds. The van der Waals surface area contributed by atoms with Gasteiger partial charge in [0.1, 0.15) is 11.9 Å². The summed E-state index contributed by atoms with van der Waals surface area (Å²) in [5.74, 6) is -1.67. The number of fused-ring (bicyclic) bond motifs is 1. The Kier molecular flexibility index (Phi) is 4.05. The normalized spacial score (nSPS) is 10.9. The van der Waals surface area contributed by atoms with E-state index in [2.05, 4.69) is 14.3 Å². The van der Waals surface area contributed by atoms with Gasteiger partial charge in [-0.25, -0.2) is 19.2 Å². The summed E-state index contributed by atoms with van der Waals surface area (Å²) in [6.45, 7) is 1.71. The molecule has 23 heavy (non-hydrogen) atoms. The SMILES string of the molecule is CCOC(=O)c1cn(-c2ncns2)c2nc(Cl)c(F)cc2c1=O. The largest absolute Gasteiger partial charge is 0.462 e. The Bertz CT molecular complexity index is 958. The highest BCUT2D eigenvalue weighted by molar-refractivity contribution is 7.08. The van der Waals surface area contributed by atoms with Gasteiger partial charge in [-0.3, -0.25) is 9.36 Å². The number of aromatic nitrogens is 4. The topological polar surface area (TPSA) is 87.0 Å². The van der Waals surface area contributed by atoms with Gasteiger partial charge in [0.2, 0.25) is 10.6 Å². The molecule has 3 heterocycles. The van der Waals surface area contributed by atoms with E-state index < -0.39 is 17.2 Å². The summed E-state index contributed by atoms with van der Waals surface area (Å²) >= 11 is 6.71. The van der Waals surface area contributed by atoms with Crippen LogP contribution in [0.25, 0.3) is 16.2 Å². The van der Waals surface area contributed by atoms with E-state index in [0.29, 0.717) is 5.13 Å². The average Bonchev–Trinajstić information content (AvgIpc) is 3.04. The fourth-order valence-corrected chi connectivity index (χ4v) is 2.62. The molecule has 0 aliphatic heterocycles. The van der Waals surface area contributed by atoms with Crippen LogP contribution in [0.4, 0.5) is 4.39 Å². The number of rotatable bonds is 3. The summed E-state index contributed by atoms with van der Waals surface area (Å²) in [5.41, 5.74) is -0.869. The number of esters is 1. The summed E-state index contributed by atoms with van der Waals surface area (Å²) in [6, 6.07) is 0.938. The van der Waals surface area contributed by atoms with Gasteiger partial charge >= 0.3 is 5.97 Å². The van der Waals surface area contributed by atoms with Crippen molar-refractivity contribution in [2.24, 2.45) is 0 Å². The van der Waals surface area contributed by atoms with E-state index in [1.54, 1.807) is 6.92 Å². The average molecular weight is 355 g/mol. The minimum Gasteiger partial charge on any atom is -0.462 e. The van der Waals surface area contributed by atoms with Crippen molar-refractivity contribution in [1.82, 2.24) is 18.9 Å². The van der Waals surface area contributed by atoms with E-state index in [-0.39, 0.29) is 28.4 Å². The first-order valence-corrected chi connectivity index (χ1v) is 7.53. The van der Waals surface area contributed by atoms with Crippen LogP contribution in [0.3, 0.4) is 0 Å². The molecule has 10 heteroatoms. The van der Waals surface area contributed by atoms with Gasteiger partial charge in [-0.15, -0.1) is 0 Å². The Morgan fingerprint density at radius 1 is 1.52 bits per heavy atom. The molecule has 0 spiro atoms. The van der Waals surface area contributed by atoms with Crippen molar-refractivity contribution in [2.45, 2.75) is 6.92 Å². The Balaban J connectivity index is 2.40. The molecule has 3 aromatic rings. The molecule has 0 aliphatic rings. The summed E-state index contributed by atoms with van der Waals surface area (Å²) in [5, 5.41) is -0.151. The predicted molar refractivity (Wildman–Crippen MR) is 81.7 cm³/mol. The molecule has 0 saturated carbocycles. The number of nitrogens with zero attached hydrogens (tertiary/aromatic N) is 4. The number of halogens is 2. The first-order valence-electron chi connectivity index (χ1n) is 6.38. The smallest absolute Gasteiger partial charge is 0.343 e. The van der Waals surface area contributed by atoms with Gasteiger partial charge in [0.15, 0.2) is 16.6 Å². The highest BCUT2D eigenvalue weighted by Gasteiger charge is 2.20. The van der Waals surface area contributed by atoms with Gasteiger partial charge in [-0.05, 0) is 13.0 Å². The lowest BCUT2D eigenvalue weighted by molar-refractivity contribution is 0.0524. The molecule has 3 aromatic heterocycles. The van der Waals surface area contributed by atoms with Crippen molar-refractivity contribution in [3.05, 3.63) is 45.3 Å². The zero-order valence-corrected chi connectivity index (χ0v) is 13.2. The first kappa shape index (κ1) is 15.5. The fourth-order valence-electron chi connectivity index (χ4n) is 1.98. The van der Waals surface area contributed by atoms with Crippen molar-refractivity contribution >= 4 is 40.1 Å². The zero-order chi connectivity index (χ0) is 16.6. The fraction of sp³-hybridized carbons (Fsp3) is 0.154. The molecular formula is C13H8ClFN4O3S. The van der Waals surface area contributed by atoms with E-state index in [1.807, 2.05) is 0 Å². The lowest BCUT2D eigenvalue weighted by atomic mass is 10.2. The maximum Gasteiger partial charge on any atom is 0.343 e. The minimum atomic E-state index is -0.860. The quantitative estimate of drug-likeness (QED) is 0.529. The van der Waals surface area contributed by atoms with Gasteiger partial charge in [0, 0.05) is 17.7 Å². The molecule has 0 bridgehead atoms. The van der Waals surface area contributed by atoms with Crippen LogP contribution in [0.2, 0.25) is 5.15 Å². The van der Waals surface area contributed by atoms with Crippen LogP contribution in [0.1, 0.15) is 17.3 Å². The van der Waals surface area contributed by atoms with Gasteiger partial charge in [-0.2, -0.15) is 4.37 Å². The molecular weight excluding hydrogens is 347 g/mol. The molecule has 3 rings (SSSR count). The molecule has 118 valence electrons. The summed E-state index contributed by atoms with van der Waals surface area (Å²) < 4.78 is 23.8. The van der Waals surface area contributed by atoms with E-state index in [4.69, 9.17) is 16.3 Å². The van der Waals surface area contributed by atoms with Crippen LogP contribution in [-0.4, -0.2) is 31.5 Å². The molecule has 0 N–H and O–H groups in total. The van der Waals surface area contributed by atoms with Crippen LogP contribution >= 0.6 is 23.1 Å². The molecule has 7 nitrogen and oxygen atoms in total. The monoisotopic (exact) mass is 354 g/mol. The van der Waals surface area contributed by atoms with Crippen LogP contribution in [0, 0.1) is 5.82 Å². The number of ether oxygens (including phenoxy) is 1. The van der Waals surface area contributed by atoms with Crippen LogP contribution < -0.4 is 5.43 Å². The molecule has 0 aromatic carbocycles. The summed E-state index contributed by atoms with van der Waals surface area (Å²) in [4.78, 5) is 32.3. The Hall–Kier alpha value is -2.39. The summed E-state index contributed by atoms with van der Waals surface area (Å²) in [6.07, 6.45) is 2.55. The van der Waals surface area contributed by atoms with Gasteiger partial charge < -0.3 is 4.74 Å². The van der Waals surface area contributed by atoms with Gasteiger partial charge in [0.05, 0.1) is 12.0 Å². The number of hydrogen-bond donors (Lipinski definition) is 0.